The average Bonchev–Trinajstić information content (AvgIpc) is 2.80. The lowest BCUT2D eigenvalue weighted by atomic mass is 10.1. The number of aromatic nitrogens is 1. The lowest BCUT2D eigenvalue weighted by Crippen LogP contribution is -2.03. The number of aromatic hydroxyl groups is 1. The molecule has 0 unspecified atom stereocenters. The van der Waals surface area contributed by atoms with Crippen LogP contribution in [0.25, 0.3) is 10.9 Å². The molecule has 0 atom stereocenters. The summed E-state index contributed by atoms with van der Waals surface area (Å²) in [7, 11) is 0. The number of unbranched alkanes of at least 4 members (excludes halogenated alkanes) is 3. The first-order valence-electron chi connectivity index (χ1n) is 9.20. The lowest BCUT2D eigenvalue weighted by molar-refractivity contribution is -0.118. The SMILES string of the molecule is CCCCCCC(=O)N=Nc1c(O)n(CC(C)C)c2ccc(C)cc12. The molecular weight excluding hydrogens is 314 g/mol. The summed E-state index contributed by atoms with van der Waals surface area (Å²) in [5.41, 5.74) is 2.39. The van der Waals surface area contributed by atoms with Crippen LogP contribution >= 0.6 is 0 Å². The molecule has 0 fully saturated rings. The fourth-order valence-electron chi connectivity index (χ4n) is 2.94. The normalized spacial score (nSPS) is 11.9. The van der Waals surface area contributed by atoms with Crippen molar-refractivity contribution in [2.45, 2.75) is 66.3 Å². The highest BCUT2D eigenvalue weighted by molar-refractivity contribution is 5.95. The number of nitrogens with zero attached hydrogens (tertiary/aromatic N) is 3. The Morgan fingerprint density at radius 1 is 1.24 bits per heavy atom. The highest BCUT2D eigenvalue weighted by atomic mass is 16.3. The number of aryl methyl sites for hydroxylation is 1. The monoisotopic (exact) mass is 343 g/mol. The molecular formula is C20H29N3O2. The third kappa shape index (κ3) is 4.91. The Bertz CT molecular complexity index is 760. The molecule has 0 aliphatic rings. The third-order valence-corrected chi connectivity index (χ3v) is 4.22. The van der Waals surface area contributed by atoms with Gasteiger partial charge in [-0.2, -0.15) is 0 Å². The molecule has 1 aromatic carbocycles. The van der Waals surface area contributed by atoms with Gasteiger partial charge in [0.1, 0.15) is 0 Å². The minimum absolute atomic E-state index is 0.0804. The van der Waals surface area contributed by atoms with E-state index < -0.39 is 0 Å². The van der Waals surface area contributed by atoms with Crippen LogP contribution in [0.4, 0.5) is 5.69 Å². The van der Waals surface area contributed by atoms with Crippen molar-refractivity contribution in [2.24, 2.45) is 16.1 Å². The molecule has 0 aliphatic heterocycles. The van der Waals surface area contributed by atoms with Gasteiger partial charge in [0.25, 0.3) is 5.91 Å². The van der Waals surface area contributed by atoms with Gasteiger partial charge in [0, 0.05) is 18.4 Å². The van der Waals surface area contributed by atoms with E-state index in [1.165, 1.54) is 0 Å². The second-order valence-electron chi connectivity index (χ2n) is 7.10. The quantitative estimate of drug-likeness (QED) is 0.479. The van der Waals surface area contributed by atoms with Gasteiger partial charge in [-0.25, -0.2) is 0 Å². The van der Waals surface area contributed by atoms with Gasteiger partial charge in [-0.15, -0.1) is 10.2 Å². The Labute approximate surface area is 149 Å². The number of rotatable bonds is 8. The van der Waals surface area contributed by atoms with Gasteiger partial charge in [-0.3, -0.25) is 4.79 Å². The summed E-state index contributed by atoms with van der Waals surface area (Å²) in [6.07, 6.45) is 4.56. The molecule has 0 saturated carbocycles. The smallest absolute Gasteiger partial charge is 0.264 e. The molecule has 136 valence electrons. The predicted octanol–water partition coefficient (Wildman–Crippen LogP) is 5.89. The van der Waals surface area contributed by atoms with Crippen molar-refractivity contribution >= 4 is 22.5 Å². The van der Waals surface area contributed by atoms with E-state index in [1.54, 1.807) is 0 Å². The second-order valence-corrected chi connectivity index (χ2v) is 7.10. The number of hydrogen-bond acceptors (Lipinski definition) is 3. The van der Waals surface area contributed by atoms with Crippen molar-refractivity contribution in [3.05, 3.63) is 23.8 Å². The number of azo groups is 1. The van der Waals surface area contributed by atoms with E-state index in [1.807, 2.05) is 29.7 Å². The molecule has 1 aromatic heterocycles. The van der Waals surface area contributed by atoms with Crippen LogP contribution in [0, 0.1) is 12.8 Å². The first-order chi connectivity index (χ1) is 11.9. The molecule has 0 radical (unpaired) electrons. The Hall–Kier alpha value is -2.17. The highest BCUT2D eigenvalue weighted by Gasteiger charge is 2.17. The third-order valence-electron chi connectivity index (χ3n) is 4.22. The van der Waals surface area contributed by atoms with Crippen LogP contribution in [0.2, 0.25) is 0 Å². The van der Waals surface area contributed by atoms with Gasteiger partial charge in [-0.05, 0) is 31.4 Å². The van der Waals surface area contributed by atoms with E-state index in [4.69, 9.17) is 0 Å². The van der Waals surface area contributed by atoms with Gasteiger partial charge in [0.05, 0.1) is 5.52 Å². The van der Waals surface area contributed by atoms with Crippen molar-refractivity contribution in [3.63, 3.8) is 0 Å². The van der Waals surface area contributed by atoms with Gasteiger partial charge >= 0.3 is 0 Å². The van der Waals surface area contributed by atoms with E-state index in [0.717, 1.165) is 42.1 Å². The van der Waals surface area contributed by atoms with Gasteiger partial charge in [-0.1, -0.05) is 51.7 Å². The lowest BCUT2D eigenvalue weighted by Gasteiger charge is -2.09. The minimum atomic E-state index is -0.229. The Morgan fingerprint density at radius 3 is 2.68 bits per heavy atom. The molecule has 2 aromatic rings. The molecule has 5 heteroatoms. The maximum absolute atomic E-state index is 11.9. The van der Waals surface area contributed by atoms with Crippen LogP contribution in [-0.4, -0.2) is 15.6 Å². The fraction of sp³-hybridized carbons (Fsp3) is 0.550. The zero-order valence-corrected chi connectivity index (χ0v) is 15.7. The summed E-state index contributed by atoms with van der Waals surface area (Å²) in [5.74, 6) is 0.234. The van der Waals surface area contributed by atoms with Gasteiger partial charge < -0.3 is 9.67 Å². The van der Waals surface area contributed by atoms with Crippen molar-refractivity contribution in [1.29, 1.82) is 0 Å². The summed E-state index contributed by atoms with van der Waals surface area (Å²) < 4.78 is 1.85. The number of amides is 1. The Morgan fingerprint density at radius 2 is 2.00 bits per heavy atom. The first kappa shape index (κ1) is 19.2. The van der Waals surface area contributed by atoms with Crippen LogP contribution in [0.1, 0.15) is 58.4 Å². The molecule has 1 amide bonds. The van der Waals surface area contributed by atoms with Crippen LogP contribution in [0.15, 0.2) is 28.4 Å². The Balaban J connectivity index is 2.27. The molecule has 1 N–H and O–H groups in total. The van der Waals surface area contributed by atoms with Crippen LogP contribution < -0.4 is 0 Å². The summed E-state index contributed by atoms with van der Waals surface area (Å²) in [5, 5.41) is 19.4. The van der Waals surface area contributed by atoms with E-state index in [-0.39, 0.29) is 11.8 Å². The summed E-state index contributed by atoms with van der Waals surface area (Å²) >= 11 is 0. The zero-order chi connectivity index (χ0) is 18.4. The number of hydrogen-bond donors (Lipinski definition) is 1. The maximum atomic E-state index is 11.9. The number of fused-ring (bicyclic) bond motifs is 1. The molecule has 0 aliphatic carbocycles. The number of carbonyl (C=O) groups excluding carboxylic acids is 1. The number of benzene rings is 1. The standard InChI is InChI=1S/C20H29N3O2/c1-5-6-7-8-9-18(24)21-22-19-16-12-15(4)10-11-17(16)23(20(19)25)13-14(2)3/h10-12,14,25H,5-9,13H2,1-4H3. The molecule has 1 heterocycles. The maximum Gasteiger partial charge on any atom is 0.264 e. The molecule has 0 bridgehead atoms. The largest absolute Gasteiger partial charge is 0.493 e. The highest BCUT2D eigenvalue weighted by Crippen LogP contribution is 2.39. The topological polar surface area (TPSA) is 66.9 Å². The van der Waals surface area contributed by atoms with Crippen LogP contribution in [0.5, 0.6) is 5.88 Å². The van der Waals surface area contributed by atoms with E-state index in [9.17, 15) is 9.90 Å². The molecule has 0 saturated heterocycles. The minimum Gasteiger partial charge on any atom is -0.493 e. The molecule has 2 rings (SSSR count). The van der Waals surface area contributed by atoms with Crippen LogP contribution in [-0.2, 0) is 11.3 Å². The summed E-state index contributed by atoms with van der Waals surface area (Å²) in [4.78, 5) is 11.9. The molecule has 0 spiro atoms. The molecule has 25 heavy (non-hydrogen) atoms. The fourth-order valence-corrected chi connectivity index (χ4v) is 2.94. The van der Waals surface area contributed by atoms with E-state index >= 15 is 0 Å². The van der Waals surface area contributed by atoms with E-state index in [2.05, 4.69) is 31.0 Å². The first-order valence-corrected chi connectivity index (χ1v) is 9.20. The van der Waals surface area contributed by atoms with Crippen molar-refractivity contribution in [2.75, 3.05) is 0 Å². The van der Waals surface area contributed by atoms with E-state index in [0.29, 0.717) is 24.6 Å². The Kier molecular flexibility index (Phi) is 6.73. The number of carbonyl (C=O) groups is 1. The van der Waals surface area contributed by atoms with Crippen molar-refractivity contribution in [3.8, 4) is 5.88 Å². The summed E-state index contributed by atoms with van der Waals surface area (Å²) in [6.45, 7) is 9.02. The second kappa shape index (κ2) is 8.79. The average molecular weight is 343 g/mol. The van der Waals surface area contributed by atoms with Gasteiger partial charge in [0.2, 0.25) is 5.88 Å². The molecule has 5 nitrogen and oxygen atoms in total. The van der Waals surface area contributed by atoms with Crippen molar-refractivity contribution in [1.82, 2.24) is 4.57 Å². The van der Waals surface area contributed by atoms with Gasteiger partial charge in [0.15, 0.2) is 5.69 Å². The summed E-state index contributed by atoms with van der Waals surface area (Å²) in [6, 6.07) is 5.97. The van der Waals surface area contributed by atoms with Crippen LogP contribution in [0.3, 0.4) is 0 Å². The zero-order valence-electron chi connectivity index (χ0n) is 15.7. The predicted molar refractivity (Wildman–Crippen MR) is 101 cm³/mol. The van der Waals surface area contributed by atoms with Crippen molar-refractivity contribution < 1.29 is 9.90 Å².